The van der Waals surface area contributed by atoms with Crippen molar-refractivity contribution in [2.45, 2.75) is 26.7 Å². The first-order chi connectivity index (χ1) is 14.1. The van der Waals surface area contributed by atoms with Gasteiger partial charge in [-0.2, -0.15) is 0 Å². The number of aromatic hydroxyl groups is 1. The Balaban J connectivity index is 0.00000320. The number of fused-ring (bicyclic) bond motifs is 1. The minimum absolute atomic E-state index is 0. The van der Waals surface area contributed by atoms with Crippen molar-refractivity contribution in [2.75, 3.05) is 26.7 Å². The Kier molecular flexibility index (Phi) is 9.29. The highest BCUT2D eigenvalue weighted by Crippen LogP contribution is 2.23. The van der Waals surface area contributed by atoms with Gasteiger partial charge in [-0.3, -0.25) is 4.99 Å². The lowest BCUT2D eigenvalue weighted by molar-refractivity contribution is 0.406. The number of aliphatic imine (C=N–C) groups is 1. The summed E-state index contributed by atoms with van der Waals surface area (Å²) in [7, 11) is 1.59. The number of methoxy groups -OCH3 is 1. The third-order valence-corrected chi connectivity index (χ3v) is 4.90. The first-order valence-electron chi connectivity index (χ1n) is 10.1. The van der Waals surface area contributed by atoms with E-state index in [9.17, 15) is 5.11 Å². The van der Waals surface area contributed by atoms with Gasteiger partial charge in [0.15, 0.2) is 5.96 Å². The molecule has 0 unspecified atom stereocenters. The molecule has 3 rings (SSSR count). The van der Waals surface area contributed by atoms with Gasteiger partial charge in [0.25, 0.3) is 0 Å². The van der Waals surface area contributed by atoms with Crippen LogP contribution in [0, 0.1) is 6.92 Å². The lowest BCUT2D eigenvalue weighted by Crippen LogP contribution is -2.38. The number of benzene rings is 2. The molecule has 0 saturated heterocycles. The summed E-state index contributed by atoms with van der Waals surface area (Å²) >= 11 is 0. The Labute approximate surface area is 195 Å². The summed E-state index contributed by atoms with van der Waals surface area (Å²) in [5.74, 6) is 1.68. The molecule has 30 heavy (non-hydrogen) atoms. The monoisotopic (exact) mass is 522 g/mol. The van der Waals surface area contributed by atoms with Crippen LogP contribution in [-0.4, -0.2) is 42.8 Å². The molecule has 0 saturated carbocycles. The van der Waals surface area contributed by atoms with E-state index in [2.05, 4.69) is 58.9 Å². The second-order valence-electron chi connectivity index (χ2n) is 7.05. The summed E-state index contributed by atoms with van der Waals surface area (Å²) in [5.41, 5.74) is 4.60. The highest BCUT2D eigenvalue weighted by Gasteiger charge is 2.06. The fourth-order valence-corrected chi connectivity index (χ4v) is 3.33. The number of halogens is 1. The Morgan fingerprint density at radius 1 is 1.10 bits per heavy atom. The molecule has 0 spiro atoms. The second-order valence-corrected chi connectivity index (χ2v) is 7.05. The maximum absolute atomic E-state index is 10.1. The average Bonchev–Trinajstić information content (AvgIpc) is 3.11. The van der Waals surface area contributed by atoms with Crippen LogP contribution in [0.2, 0.25) is 0 Å². The molecule has 4 N–H and O–H groups in total. The molecule has 2 aromatic carbocycles. The predicted molar refractivity (Wildman–Crippen MR) is 134 cm³/mol. The van der Waals surface area contributed by atoms with Crippen molar-refractivity contribution in [3.63, 3.8) is 0 Å². The number of ether oxygens (including phenoxy) is 1. The number of aromatic nitrogens is 1. The van der Waals surface area contributed by atoms with Crippen molar-refractivity contribution >= 4 is 40.8 Å². The van der Waals surface area contributed by atoms with Crippen molar-refractivity contribution in [3.8, 4) is 11.5 Å². The lowest BCUT2D eigenvalue weighted by atomic mass is 10.1. The van der Waals surface area contributed by atoms with Gasteiger partial charge in [0.05, 0.1) is 7.11 Å². The molecule has 0 aliphatic rings. The SMILES string of the molecule is CCNC(=NCCc1ccc(OC)cc1O)NCCc1c[nH]c2cc(C)ccc12.I. The molecule has 162 valence electrons. The van der Waals surface area contributed by atoms with Gasteiger partial charge >= 0.3 is 0 Å². The van der Waals surface area contributed by atoms with Crippen molar-refractivity contribution in [3.05, 3.63) is 59.3 Å². The maximum atomic E-state index is 10.1. The van der Waals surface area contributed by atoms with Crippen LogP contribution in [0.1, 0.15) is 23.6 Å². The molecule has 0 fully saturated rings. The Bertz CT molecular complexity index is 984. The van der Waals surface area contributed by atoms with Gasteiger partial charge in [-0.1, -0.05) is 18.2 Å². The zero-order chi connectivity index (χ0) is 20.6. The standard InChI is InChI=1S/C23H30N4O2.HI/c1-4-24-23(25-11-9-17-6-7-19(29-3)14-22(17)28)26-12-10-18-15-27-21-13-16(2)5-8-20(18)21;/h5-8,13-15,27-28H,4,9-12H2,1-3H3,(H2,24,25,26);1H. The molecule has 0 radical (unpaired) electrons. The lowest BCUT2D eigenvalue weighted by Gasteiger charge is -2.11. The first kappa shape index (κ1) is 23.9. The minimum Gasteiger partial charge on any atom is -0.508 e. The number of rotatable bonds is 8. The van der Waals surface area contributed by atoms with E-state index in [0.29, 0.717) is 18.7 Å². The largest absolute Gasteiger partial charge is 0.508 e. The minimum atomic E-state index is 0. The van der Waals surface area contributed by atoms with Crippen LogP contribution in [0.25, 0.3) is 10.9 Å². The van der Waals surface area contributed by atoms with Gasteiger partial charge in [0.1, 0.15) is 11.5 Å². The summed E-state index contributed by atoms with van der Waals surface area (Å²) in [4.78, 5) is 7.98. The summed E-state index contributed by atoms with van der Waals surface area (Å²) in [6.07, 6.45) is 3.66. The fourth-order valence-electron chi connectivity index (χ4n) is 3.33. The number of hydrogen-bond acceptors (Lipinski definition) is 3. The second kappa shape index (κ2) is 11.7. The van der Waals surface area contributed by atoms with Crippen molar-refractivity contribution in [1.82, 2.24) is 15.6 Å². The Hall–Kier alpha value is -2.42. The normalized spacial score (nSPS) is 11.2. The predicted octanol–water partition coefficient (Wildman–Crippen LogP) is 4.15. The van der Waals surface area contributed by atoms with Crippen molar-refractivity contribution in [2.24, 2.45) is 4.99 Å². The molecule has 3 aromatic rings. The molecule has 7 heteroatoms. The number of aryl methyl sites for hydroxylation is 1. The van der Waals surface area contributed by atoms with E-state index >= 15 is 0 Å². The first-order valence-corrected chi connectivity index (χ1v) is 10.1. The fraction of sp³-hybridized carbons (Fsp3) is 0.348. The number of H-pyrrole nitrogens is 1. The van der Waals surface area contributed by atoms with Crippen LogP contribution in [0.15, 0.2) is 47.6 Å². The molecular weight excluding hydrogens is 491 g/mol. The van der Waals surface area contributed by atoms with Crippen molar-refractivity contribution in [1.29, 1.82) is 0 Å². The van der Waals surface area contributed by atoms with Crippen LogP contribution in [0.3, 0.4) is 0 Å². The molecule has 0 aliphatic carbocycles. The Morgan fingerprint density at radius 3 is 2.67 bits per heavy atom. The highest BCUT2D eigenvalue weighted by atomic mass is 127. The summed E-state index contributed by atoms with van der Waals surface area (Å²) < 4.78 is 5.12. The molecule has 0 amide bonds. The van der Waals surface area contributed by atoms with Crippen LogP contribution in [0.4, 0.5) is 0 Å². The van der Waals surface area contributed by atoms with E-state index in [1.807, 2.05) is 12.1 Å². The quantitative estimate of drug-likeness (QED) is 0.204. The van der Waals surface area contributed by atoms with Crippen LogP contribution in [-0.2, 0) is 12.8 Å². The van der Waals surface area contributed by atoms with E-state index in [1.165, 1.54) is 22.0 Å². The van der Waals surface area contributed by atoms with Crippen LogP contribution >= 0.6 is 24.0 Å². The average molecular weight is 522 g/mol. The van der Waals surface area contributed by atoms with E-state index < -0.39 is 0 Å². The third-order valence-electron chi connectivity index (χ3n) is 4.90. The number of aromatic amines is 1. The number of nitrogens with one attached hydrogen (secondary N) is 3. The molecule has 1 heterocycles. The molecule has 1 aromatic heterocycles. The van der Waals surface area contributed by atoms with Gasteiger partial charge in [-0.25, -0.2) is 0 Å². The van der Waals surface area contributed by atoms with Gasteiger partial charge < -0.3 is 25.5 Å². The topological polar surface area (TPSA) is 81.7 Å². The molecule has 0 bridgehead atoms. The smallest absolute Gasteiger partial charge is 0.191 e. The summed E-state index contributed by atoms with van der Waals surface area (Å²) in [5, 5.41) is 18.0. The van der Waals surface area contributed by atoms with Gasteiger partial charge in [-0.05, 0) is 55.5 Å². The van der Waals surface area contributed by atoms with Gasteiger partial charge in [0, 0.05) is 42.8 Å². The zero-order valence-corrected chi connectivity index (χ0v) is 20.1. The molecule has 6 nitrogen and oxygen atoms in total. The molecular formula is C23H31IN4O2. The van der Waals surface area contributed by atoms with E-state index in [-0.39, 0.29) is 29.7 Å². The van der Waals surface area contributed by atoms with Gasteiger partial charge in [-0.15, -0.1) is 24.0 Å². The van der Waals surface area contributed by atoms with E-state index in [0.717, 1.165) is 31.0 Å². The van der Waals surface area contributed by atoms with E-state index in [1.54, 1.807) is 13.2 Å². The van der Waals surface area contributed by atoms with Gasteiger partial charge in [0.2, 0.25) is 0 Å². The molecule has 0 aliphatic heterocycles. The van der Waals surface area contributed by atoms with Crippen LogP contribution in [0.5, 0.6) is 11.5 Å². The van der Waals surface area contributed by atoms with Crippen LogP contribution < -0.4 is 15.4 Å². The number of guanidine groups is 1. The maximum Gasteiger partial charge on any atom is 0.191 e. The van der Waals surface area contributed by atoms with Crippen molar-refractivity contribution < 1.29 is 9.84 Å². The number of hydrogen-bond donors (Lipinski definition) is 4. The number of phenols is 1. The van der Waals surface area contributed by atoms with E-state index in [4.69, 9.17) is 4.74 Å². The Morgan fingerprint density at radius 2 is 1.93 bits per heavy atom. The third kappa shape index (κ3) is 6.29. The summed E-state index contributed by atoms with van der Waals surface area (Å²) in [6.45, 7) is 6.33. The number of nitrogens with zero attached hydrogens (tertiary/aromatic N) is 1. The highest BCUT2D eigenvalue weighted by molar-refractivity contribution is 14.0. The number of phenolic OH excluding ortho intramolecular Hbond substituents is 1. The summed E-state index contributed by atoms with van der Waals surface area (Å²) in [6, 6.07) is 11.9. The zero-order valence-electron chi connectivity index (χ0n) is 17.8. The molecule has 0 atom stereocenters.